The van der Waals surface area contributed by atoms with Crippen LogP contribution in [0.15, 0.2) is 0 Å². The van der Waals surface area contributed by atoms with Gasteiger partial charge in [0.2, 0.25) is 0 Å². The zero-order valence-corrected chi connectivity index (χ0v) is 9.06. The summed E-state index contributed by atoms with van der Waals surface area (Å²) in [6.45, 7) is 4.32. The highest BCUT2D eigenvalue weighted by Crippen LogP contribution is 2.25. The first kappa shape index (κ1) is 13.6. The van der Waals surface area contributed by atoms with Crippen LogP contribution in [0.4, 0.5) is 0 Å². The molecule has 0 saturated heterocycles. The second-order valence-corrected chi connectivity index (χ2v) is 3.62. The van der Waals surface area contributed by atoms with Gasteiger partial charge in [-0.25, -0.2) is 0 Å². The summed E-state index contributed by atoms with van der Waals surface area (Å²) in [5, 5.41) is 17.8. The van der Waals surface area contributed by atoms with Crippen LogP contribution in [0.2, 0.25) is 0 Å². The molecule has 0 aromatic heterocycles. The molecule has 0 spiro atoms. The average Bonchev–Trinajstić information content (AvgIpc) is 2.11. The van der Waals surface area contributed by atoms with Gasteiger partial charge in [0.05, 0.1) is 11.8 Å². The summed E-state index contributed by atoms with van der Waals surface area (Å²) in [6, 6.07) is 0. The second-order valence-electron chi connectivity index (χ2n) is 3.62. The van der Waals surface area contributed by atoms with Crippen LogP contribution in [0.25, 0.3) is 0 Å². The fourth-order valence-corrected chi connectivity index (χ4v) is 1.57. The molecule has 5 nitrogen and oxygen atoms in total. The third-order valence-corrected chi connectivity index (χ3v) is 2.66. The third kappa shape index (κ3) is 3.34. The van der Waals surface area contributed by atoms with Crippen molar-refractivity contribution in [2.24, 2.45) is 17.8 Å². The Balaban J connectivity index is 5.02. The molecule has 0 aliphatic heterocycles. The normalized spacial score (nSPS) is 16.5. The molecule has 5 heteroatoms. The van der Waals surface area contributed by atoms with Gasteiger partial charge in [-0.05, 0) is 13.3 Å². The molecule has 0 rings (SSSR count). The van der Waals surface area contributed by atoms with Crippen molar-refractivity contribution >= 4 is 17.7 Å². The number of hydrogen-bond donors (Lipinski definition) is 2. The molecular weight excluding hydrogens is 200 g/mol. The van der Waals surface area contributed by atoms with E-state index in [9.17, 15) is 14.4 Å². The van der Waals surface area contributed by atoms with Gasteiger partial charge in [0, 0.05) is 5.92 Å². The molecular formula is C10H16O5. The smallest absolute Gasteiger partial charge is 0.308 e. The maximum Gasteiger partial charge on any atom is 0.308 e. The summed E-state index contributed by atoms with van der Waals surface area (Å²) < 4.78 is 0. The summed E-state index contributed by atoms with van der Waals surface area (Å²) in [6.07, 6.45) is 0.198. The monoisotopic (exact) mass is 216 g/mol. The minimum Gasteiger partial charge on any atom is -0.481 e. The molecule has 0 aromatic rings. The molecule has 0 aliphatic rings. The summed E-state index contributed by atoms with van der Waals surface area (Å²) in [5.41, 5.74) is 0. The van der Waals surface area contributed by atoms with Gasteiger partial charge in [0.25, 0.3) is 0 Å². The van der Waals surface area contributed by atoms with Gasteiger partial charge in [-0.15, -0.1) is 0 Å². The van der Waals surface area contributed by atoms with E-state index >= 15 is 0 Å². The predicted octanol–water partition coefficient (Wildman–Crippen LogP) is 1.02. The molecule has 3 unspecified atom stereocenters. The van der Waals surface area contributed by atoms with Crippen molar-refractivity contribution in [2.45, 2.75) is 27.2 Å². The summed E-state index contributed by atoms with van der Waals surface area (Å²) in [5.74, 6) is -5.64. The van der Waals surface area contributed by atoms with Gasteiger partial charge >= 0.3 is 11.9 Å². The van der Waals surface area contributed by atoms with Gasteiger partial charge in [0.1, 0.15) is 5.78 Å². The lowest BCUT2D eigenvalue weighted by atomic mass is 9.79. The topological polar surface area (TPSA) is 91.7 Å². The number of carbonyl (C=O) groups is 3. The minimum atomic E-state index is -1.23. The Hall–Kier alpha value is -1.39. The molecule has 0 radical (unpaired) electrons. The third-order valence-electron chi connectivity index (χ3n) is 2.66. The fourth-order valence-electron chi connectivity index (χ4n) is 1.57. The molecule has 86 valence electrons. The highest BCUT2D eigenvalue weighted by molar-refractivity contribution is 5.87. The van der Waals surface area contributed by atoms with Crippen molar-refractivity contribution in [1.29, 1.82) is 0 Å². The van der Waals surface area contributed by atoms with Crippen LogP contribution in [0.3, 0.4) is 0 Å². The van der Waals surface area contributed by atoms with Gasteiger partial charge < -0.3 is 10.2 Å². The minimum absolute atomic E-state index is 0.198. The Kier molecular flexibility index (Phi) is 4.97. The van der Waals surface area contributed by atoms with E-state index in [1.165, 1.54) is 13.8 Å². The Labute approximate surface area is 88.1 Å². The lowest BCUT2D eigenvalue weighted by Crippen LogP contribution is -2.36. The van der Waals surface area contributed by atoms with E-state index < -0.39 is 29.7 Å². The number of carboxylic acids is 2. The van der Waals surface area contributed by atoms with Crippen molar-refractivity contribution in [3.8, 4) is 0 Å². The summed E-state index contributed by atoms with van der Waals surface area (Å²) in [7, 11) is 0. The lowest BCUT2D eigenvalue weighted by molar-refractivity contribution is -0.157. The van der Waals surface area contributed by atoms with Crippen LogP contribution in [-0.2, 0) is 14.4 Å². The van der Waals surface area contributed by atoms with E-state index in [1.807, 2.05) is 0 Å². The van der Waals surface area contributed by atoms with Crippen molar-refractivity contribution in [3.63, 3.8) is 0 Å². The number of Topliss-reactive ketones (excluding diaryl/α,β-unsaturated/α-hetero) is 1. The molecule has 0 amide bonds. The van der Waals surface area contributed by atoms with E-state index in [-0.39, 0.29) is 12.2 Å². The van der Waals surface area contributed by atoms with E-state index in [4.69, 9.17) is 10.2 Å². The quantitative estimate of drug-likeness (QED) is 0.691. The van der Waals surface area contributed by atoms with Crippen LogP contribution in [0.1, 0.15) is 27.2 Å². The molecule has 0 saturated carbocycles. The molecule has 0 aliphatic carbocycles. The Morgan fingerprint density at radius 1 is 1.13 bits per heavy atom. The van der Waals surface area contributed by atoms with E-state index in [2.05, 4.69) is 0 Å². The van der Waals surface area contributed by atoms with Crippen molar-refractivity contribution in [3.05, 3.63) is 0 Å². The van der Waals surface area contributed by atoms with Crippen LogP contribution >= 0.6 is 0 Å². The lowest BCUT2D eigenvalue weighted by Gasteiger charge is -2.23. The molecule has 0 fully saturated rings. The zero-order chi connectivity index (χ0) is 12.2. The first-order valence-electron chi connectivity index (χ1n) is 4.78. The van der Waals surface area contributed by atoms with E-state index in [0.29, 0.717) is 0 Å². The van der Waals surface area contributed by atoms with Crippen LogP contribution < -0.4 is 0 Å². The SMILES string of the molecule is CCC(C(=O)O)C(C(=O)O)C(C)C(C)=O. The first-order valence-corrected chi connectivity index (χ1v) is 4.78. The number of carbonyl (C=O) groups excluding carboxylic acids is 1. The molecule has 0 heterocycles. The number of rotatable bonds is 6. The molecule has 0 bridgehead atoms. The van der Waals surface area contributed by atoms with Crippen molar-refractivity contribution in [2.75, 3.05) is 0 Å². The van der Waals surface area contributed by atoms with E-state index in [1.54, 1.807) is 6.92 Å². The number of carboxylic acid groups (broad SMARTS) is 2. The van der Waals surface area contributed by atoms with Crippen LogP contribution in [0, 0.1) is 17.8 Å². The largest absolute Gasteiger partial charge is 0.481 e. The molecule has 0 aromatic carbocycles. The maximum absolute atomic E-state index is 11.1. The number of hydrogen-bond acceptors (Lipinski definition) is 3. The van der Waals surface area contributed by atoms with Crippen LogP contribution in [-0.4, -0.2) is 27.9 Å². The predicted molar refractivity (Wildman–Crippen MR) is 52.4 cm³/mol. The second kappa shape index (κ2) is 5.48. The Morgan fingerprint density at radius 3 is 1.80 bits per heavy atom. The number of ketones is 1. The van der Waals surface area contributed by atoms with Crippen molar-refractivity contribution in [1.82, 2.24) is 0 Å². The molecule has 3 atom stereocenters. The van der Waals surface area contributed by atoms with Crippen molar-refractivity contribution < 1.29 is 24.6 Å². The first-order chi connectivity index (χ1) is 6.82. The highest BCUT2D eigenvalue weighted by atomic mass is 16.4. The van der Waals surface area contributed by atoms with Gasteiger partial charge in [-0.2, -0.15) is 0 Å². The number of aliphatic carboxylic acids is 2. The Bertz CT molecular complexity index is 271. The fraction of sp³-hybridized carbons (Fsp3) is 0.700. The maximum atomic E-state index is 11.1. The Morgan fingerprint density at radius 2 is 1.60 bits per heavy atom. The van der Waals surface area contributed by atoms with Gasteiger partial charge in [-0.1, -0.05) is 13.8 Å². The summed E-state index contributed by atoms with van der Waals surface area (Å²) in [4.78, 5) is 32.8. The zero-order valence-electron chi connectivity index (χ0n) is 9.06. The summed E-state index contributed by atoms with van der Waals surface area (Å²) >= 11 is 0. The van der Waals surface area contributed by atoms with Crippen LogP contribution in [0.5, 0.6) is 0 Å². The average molecular weight is 216 g/mol. The molecule has 2 N–H and O–H groups in total. The standard InChI is InChI=1S/C10H16O5/c1-4-7(9(12)13)8(10(14)15)5(2)6(3)11/h5,7-8H,4H2,1-3H3,(H,12,13)(H,14,15). The van der Waals surface area contributed by atoms with Gasteiger partial charge in [-0.3, -0.25) is 14.4 Å². The highest BCUT2D eigenvalue weighted by Gasteiger charge is 2.38. The van der Waals surface area contributed by atoms with E-state index in [0.717, 1.165) is 0 Å². The molecule has 15 heavy (non-hydrogen) atoms. The van der Waals surface area contributed by atoms with Gasteiger partial charge in [0.15, 0.2) is 0 Å².